The summed E-state index contributed by atoms with van der Waals surface area (Å²) in [5, 5.41) is 0. The molecule has 1 aliphatic heterocycles. The van der Waals surface area contributed by atoms with Crippen LogP contribution in [-0.2, 0) is 9.47 Å². The van der Waals surface area contributed by atoms with Crippen LogP contribution in [0, 0.1) is 0 Å². The monoisotopic (exact) mass is 221 g/mol. The van der Waals surface area contributed by atoms with Crippen LogP contribution in [0.15, 0.2) is 30.3 Å². The second kappa shape index (κ2) is 5.43. The zero-order valence-corrected chi connectivity index (χ0v) is 9.93. The van der Waals surface area contributed by atoms with Crippen LogP contribution in [0.2, 0.25) is 0 Å². The summed E-state index contributed by atoms with van der Waals surface area (Å²) in [6.45, 7) is 1.73. The fourth-order valence-electron chi connectivity index (χ4n) is 1.92. The Kier molecular flexibility index (Phi) is 3.93. The standard InChI is InChI=1S/C13H19NO2/c1-14(2)10-12-8-9-15-13(16-12)11-6-4-3-5-7-11/h3-7,12-13H,8-10H2,1-2H3/t12-,13+/m0/s1. The summed E-state index contributed by atoms with van der Waals surface area (Å²) < 4.78 is 11.6. The van der Waals surface area contributed by atoms with Gasteiger partial charge in [0, 0.05) is 12.1 Å². The topological polar surface area (TPSA) is 21.7 Å². The van der Waals surface area contributed by atoms with E-state index in [-0.39, 0.29) is 12.4 Å². The summed E-state index contributed by atoms with van der Waals surface area (Å²) in [7, 11) is 4.13. The zero-order chi connectivity index (χ0) is 11.4. The number of likely N-dealkylation sites (N-methyl/N-ethyl adjacent to an activating group) is 1. The third-order valence-corrected chi connectivity index (χ3v) is 2.67. The molecule has 1 aliphatic rings. The largest absolute Gasteiger partial charge is 0.348 e. The average Bonchev–Trinajstić information content (AvgIpc) is 2.30. The van der Waals surface area contributed by atoms with Gasteiger partial charge in [0.05, 0.1) is 12.7 Å². The molecule has 0 spiro atoms. The molecule has 1 fully saturated rings. The Morgan fingerprint density at radius 1 is 1.25 bits per heavy atom. The maximum atomic E-state index is 5.92. The molecule has 2 atom stereocenters. The second-order valence-electron chi connectivity index (χ2n) is 4.42. The molecule has 0 unspecified atom stereocenters. The van der Waals surface area contributed by atoms with Crippen LogP contribution in [0.5, 0.6) is 0 Å². The van der Waals surface area contributed by atoms with E-state index < -0.39 is 0 Å². The van der Waals surface area contributed by atoms with E-state index in [0.29, 0.717) is 0 Å². The van der Waals surface area contributed by atoms with E-state index in [9.17, 15) is 0 Å². The van der Waals surface area contributed by atoms with E-state index in [1.54, 1.807) is 0 Å². The van der Waals surface area contributed by atoms with Gasteiger partial charge in [0.15, 0.2) is 6.29 Å². The number of benzene rings is 1. The van der Waals surface area contributed by atoms with Gasteiger partial charge in [-0.3, -0.25) is 0 Å². The summed E-state index contributed by atoms with van der Waals surface area (Å²) in [4.78, 5) is 2.15. The van der Waals surface area contributed by atoms with Crippen molar-refractivity contribution in [2.24, 2.45) is 0 Å². The number of rotatable bonds is 3. The minimum atomic E-state index is -0.195. The van der Waals surface area contributed by atoms with Crippen molar-refractivity contribution in [1.82, 2.24) is 4.90 Å². The fourth-order valence-corrected chi connectivity index (χ4v) is 1.92. The Balaban J connectivity index is 1.97. The summed E-state index contributed by atoms with van der Waals surface area (Å²) in [6.07, 6.45) is 1.05. The molecular weight excluding hydrogens is 202 g/mol. The molecule has 0 saturated carbocycles. The third-order valence-electron chi connectivity index (χ3n) is 2.67. The Labute approximate surface area is 97.0 Å². The molecule has 3 heteroatoms. The quantitative estimate of drug-likeness (QED) is 0.779. The van der Waals surface area contributed by atoms with E-state index >= 15 is 0 Å². The van der Waals surface area contributed by atoms with Crippen molar-refractivity contribution in [1.29, 1.82) is 0 Å². The van der Waals surface area contributed by atoms with Crippen molar-refractivity contribution < 1.29 is 9.47 Å². The molecule has 1 heterocycles. The lowest BCUT2D eigenvalue weighted by atomic mass is 10.2. The molecule has 88 valence electrons. The van der Waals surface area contributed by atoms with Crippen molar-refractivity contribution in [2.75, 3.05) is 27.2 Å². The molecule has 0 N–H and O–H groups in total. The molecule has 0 amide bonds. The van der Waals surface area contributed by atoms with Gasteiger partial charge in [-0.2, -0.15) is 0 Å². The number of nitrogens with zero attached hydrogens (tertiary/aromatic N) is 1. The van der Waals surface area contributed by atoms with Crippen LogP contribution < -0.4 is 0 Å². The van der Waals surface area contributed by atoms with Crippen molar-refractivity contribution in [3.63, 3.8) is 0 Å². The lowest BCUT2D eigenvalue weighted by molar-refractivity contribution is -0.219. The Morgan fingerprint density at radius 3 is 2.69 bits per heavy atom. The highest BCUT2D eigenvalue weighted by molar-refractivity contribution is 5.16. The molecule has 1 aromatic carbocycles. The summed E-state index contributed by atoms with van der Waals surface area (Å²) >= 11 is 0. The van der Waals surface area contributed by atoms with Crippen LogP contribution >= 0.6 is 0 Å². The normalized spacial score (nSPS) is 25.9. The first-order valence-corrected chi connectivity index (χ1v) is 5.72. The molecule has 0 radical (unpaired) electrons. The van der Waals surface area contributed by atoms with Gasteiger partial charge >= 0.3 is 0 Å². The molecule has 16 heavy (non-hydrogen) atoms. The molecular formula is C13H19NO2. The third kappa shape index (κ3) is 3.04. The fraction of sp³-hybridized carbons (Fsp3) is 0.538. The van der Waals surface area contributed by atoms with Crippen LogP contribution in [0.25, 0.3) is 0 Å². The van der Waals surface area contributed by atoms with Gasteiger partial charge in [-0.15, -0.1) is 0 Å². The number of ether oxygens (including phenoxy) is 2. The van der Waals surface area contributed by atoms with E-state index in [1.807, 2.05) is 30.3 Å². The first kappa shape index (κ1) is 11.6. The second-order valence-corrected chi connectivity index (χ2v) is 4.42. The summed E-state index contributed by atoms with van der Waals surface area (Å²) in [5.74, 6) is 0. The van der Waals surface area contributed by atoms with E-state index in [4.69, 9.17) is 9.47 Å². The maximum Gasteiger partial charge on any atom is 0.184 e. The summed E-state index contributed by atoms with van der Waals surface area (Å²) in [5.41, 5.74) is 1.10. The number of hydrogen-bond donors (Lipinski definition) is 0. The smallest absolute Gasteiger partial charge is 0.184 e. The molecule has 0 aliphatic carbocycles. The van der Waals surface area contributed by atoms with Gasteiger partial charge in [-0.05, 0) is 20.5 Å². The molecule has 0 bridgehead atoms. The van der Waals surface area contributed by atoms with Gasteiger partial charge in [0.1, 0.15) is 0 Å². The predicted molar refractivity (Wildman–Crippen MR) is 63.2 cm³/mol. The highest BCUT2D eigenvalue weighted by Crippen LogP contribution is 2.26. The molecule has 0 aromatic heterocycles. The van der Waals surface area contributed by atoms with Gasteiger partial charge in [0.2, 0.25) is 0 Å². The van der Waals surface area contributed by atoms with Crippen LogP contribution in [-0.4, -0.2) is 38.3 Å². The van der Waals surface area contributed by atoms with Crippen LogP contribution in [0.4, 0.5) is 0 Å². The van der Waals surface area contributed by atoms with Gasteiger partial charge in [-0.1, -0.05) is 30.3 Å². The molecule has 2 rings (SSSR count). The minimum Gasteiger partial charge on any atom is -0.348 e. The highest BCUT2D eigenvalue weighted by atomic mass is 16.7. The predicted octanol–water partition coefficient (Wildman–Crippen LogP) is 2.05. The lowest BCUT2D eigenvalue weighted by Crippen LogP contribution is -2.35. The molecule has 1 saturated heterocycles. The Bertz CT molecular complexity index is 313. The first-order chi connectivity index (χ1) is 7.75. The minimum absolute atomic E-state index is 0.195. The van der Waals surface area contributed by atoms with Crippen molar-refractivity contribution in [3.05, 3.63) is 35.9 Å². The lowest BCUT2D eigenvalue weighted by Gasteiger charge is -2.31. The number of hydrogen-bond acceptors (Lipinski definition) is 3. The van der Waals surface area contributed by atoms with Crippen molar-refractivity contribution in [3.8, 4) is 0 Å². The van der Waals surface area contributed by atoms with Crippen LogP contribution in [0.1, 0.15) is 18.3 Å². The maximum absolute atomic E-state index is 5.92. The molecule has 1 aromatic rings. The Morgan fingerprint density at radius 2 is 2.00 bits per heavy atom. The van der Waals surface area contributed by atoms with Gasteiger partial charge in [-0.25, -0.2) is 0 Å². The van der Waals surface area contributed by atoms with E-state index in [1.165, 1.54) is 0 Å². The Hall–Kier alpha value is -0.900. The van der Waals surface area contributed by atoms with Gasteiger partial charge in [0.25, 0.3) is 0 Å². The van der Waals surface area contributed by atoms with Crippen molar-refractivity contribution in [2.45, 2.75) is 18.8 Å². The average molecular weight is 221 g/mol. The zero-order valence-electron chi connectivity index (χ0n) is 9.93. The highest BCUT2D eigenvalue weighted by Gasteiger charge is 2.24. The van der Waals surface area contributed by atoms with Crippen molar-refractivity contribution >= 4 is 0 Å². The van der Waals surface area contributed by atoms with E-state index in [0.717, 1.165) is 25.1 Å². The van der Waals surface area contributed by atoms with E-state index in [2.05, 4.69) is 19.0 Å². The first-order valence-electron chi connectivity index (χ1n) is 5.72. The SMILES string of the molecule is CN(C)C[C@@H]1CCO[C@@H](c2ccccc2)O1. The van der Waals surface area contributed by atoms with Crippen LogP contribution in [0.3, 0.4) is 0 Å². The van der Waals surface area contributed by atoms with Gasteiger partial charge < -0.3 is 14.4 Å². The summed E-state index contributed by atoms with van der Waals surface area (Å²) in [6, 6.07) is 10.1. The molecule has 3 nitrogen and oxygen atoms in total.